The highest BCUT2D eigenvalue weighted by molar-refractivity contribution is 4.90. The zero-order chi connectivity index (χ0) is 6.97. The minimum absolute atomic E-state index is 0.0723. The lowest BCUT2D eigenvalue weighted by Gasteiger charge is -2.40. The van der Waals surface area contributed by atoms with Crippen LogP contribution in [0.3, 0.4) is 0 Å². The Hall–Kier alpha value is -0.0400. The molecule has 0 aromatic carbocycles. The molecule has 2 rings (SSSR count). The fourth-order valence-corrected chi connectivity index (χ4v) is 2.50. The summed E-state index contributed by atoms with van der Waals surface area (Å²) >= 11 is 0. The second-order valence-corrected chi connectivity index (χ2v) is 3.86. The van der Waals surface area contributed by atoms with Crippen LogP contribution < -0.4 is 0 Å². The van der Waals surface area contributed by atoms with Crippen molar-refractivity contribution in [3.05, 3.63) is 0 Å². The number of rotatable bonds is 0. The first-order valence-electron chi connectivity index (χ1n) is 4.56. The monoisotopic (exact) mass is 140 g/mol. The fraction of sp³-hybridized carbons (Fsp3) is 1.00. The van der Waals surface area contributed by atoms with Gasteiger partial charge in [-0.3, -0.25) is 0 Å². The number of hydrogen-bond acceptors (Lipinski definition) is 1. The molecule has 58 valence electrons. The van der Waals surface area contributed by atoms with Gasteiger partial charge in [-0.1, -0.05) is 19.3 Å². The predicted octanol–water partition coefficient (Wildman–Crippen LogP) is 1.95. The molecule has 1 nitrogen and oxygen atoms in total. The summed E-state index contributed by atoms with van der Waals surface area (Å²) in [7, 11) is 0. The number of fused-ring (bicyclic) bond motifs is 1. The lowest BCUT2D eigenvalue weighted by atomic mass is 9.68. The van der Waals surface area contributed by atoms with Crippen molar-refractivity contribution in [2.75, 3.05) is 0 Å². The predicted molar refractivity (Wildman–Crippen MR) is 40.7 cm³/mol. The molecule has 0 unspecified atom stereocenters. The van der Waals surface area contributed by atoms with Crippen LogP contribution in [0.1, 0.15) is 38.5 Å². The smallest absolute Gasteiger partial charge is 0.0573 e. The van der Waals surface area contributed by atoms with Gasteiger partial charge in [0.1, 0.15) is 0 Å². The first kappa shape index (κ1) is 6.66. The summed E-state index contributed by atoms with van der Waals surface area (Å²) in [6, 6.07) is 0. The first-order chi connectivity index (χ1) is 4.88. The van der Waals surface area contributed by atoms with Gasteiger partial charge in [0.15, 0.2) is 0 Å². The molecule has 1 N–H and O–H groups in total. The van der Waals surface area contributed by atoms with Gasteiger partial charge in [0.05, 0.1) is 6.10 Å². The normalized spacial score (nSPS) is 47.1. The van der Waals surface area contributed by atoms with Crippen molar-refractivity contribution < 1.29 is 5.11 Å². The van der Waals surface area contributed by atoms with Crippen LogP contribution in [0.25, 0.3) is 0 Å². The standard InChI is InChI=1S/C9H16O/c10-9-6-7-4-2-1-3-5-8(7)9/h7-10H,1-6H2/t7-,8+,9-/m1/s1. The van der Waals surface area contributed by atoms with Gasteiger partial charge in [0, 0.05) is 0 Å². The van der Waals surface area contributed by atoms with E-state index >= 15 is 0 Å². The Morgan fingerprint density at radius 3 is 2.60 bits per heavy atom. The summed E-state index contributed by atoms with van der Waals surface area (Å²) in [6.45, 7) is 0. The summed E-state index contributed by atoms with van der Waals surface area (Å²) in [5.41, 5.74) is 0. The molecule has 2 aliphatic rings. The van der Waals surface area contributed by atoms with Crippen molar-refractivity contribution in [2.45, 2.75) is 44.6 Å². The highest BCUT2D eigenvalue weighted by Gasteiger charge is 2.39. The quantitative estimate of drug-likeness (QED) is 0.545. The van der Waals surface area contributed by atoms with E-state index in [9.17, 15) is 5.11 Å². The lowest BCUT2D eigenvalue weighted by Crippen LogP contribution is -2.40. The van der Waals surface area contributed by atoms with Crippen molar-refractivity contribution >= 4 is 0 Å². The van der Waals surface area contributed by atoms with E-state index in [2.05, 4.69) is 0 Å². The maximum absolute atomic E-state index is 9.37. The lowest BCUT2D eigenvalue weighted by molar-refractivity contribution is -0.0365. The van der Waals surface area contributed by atoms with Crippen LogP contribution >= 0.6 is 0 Å². The first-order valence-corrected chi connectivity index (χ1v) is 4.56. The maximum Gasteiger partial charge on any atom is 0.0573 e. The van der Waals surface area contributed by atoms with Gasteiger partial charge >= 0.3 is 0 Å². The second-order valence-electron chi connectivity index (χ2n) is 3.86. The van der Waals surface area contributed by atoms with Crippen LogP contribution in [0.4, 0.5) is 0 Å². The Balaban J connectivity index is 1.93. The molecule has 2 aliphatic carbocycles. The van der Waals surface area contributed by atoms with E-state index in [-0.39, 0.29) is 6.10 Å². The SMILES string of the molecule is O[C@@H]1C[C@H]2CCCCC[C@@H]21. The maximum atomic E-state index is 9.37. The van der Waals surface area contributed by atoms with Gasteiger partial charge in [-0.15, -0.1) is 0 Å². The number of hydrogen-bond donors (Lipinski definition) is 1. The van der Waals surface area contributed by atoms with E-state index in [1.807, 2.05) is 0 Å². The average Bonchev–Trinajstić information content (AvgIpc) is 2.09. The van der Waals surface area contributed by atoms with Crippen LogP contribution in [0, 0.1) is 11.8 Å². The van der Waals surface area contributed by atoms with E-state index in [4.69, 9.17) is 0 Å². The van der Waals surface area contributed by atoms with Gasteiger partial charge in [0.25, 0.3) is 0 Å². The Morgan fingerprint density at radius 2 is 1.80 bits per heavy atom. The summed E-state index contributed by atoms with van der Waals surface area (Å²) in [6.07, 6.45) is 8.03. The number of aliphatic hydroxyl groups excluding tert-OH is 1. The van der Waals surface area contributed by atoms with Gasteiger partial charge in [0.2, 0.25) is 0 Å². The highest BCUT2D eigenvalue weighted by Crippen LogP contribution is 2.43. The van der Waals surface area contributed by atoms with Crippen LogP contribution in [-0.4, -0.2) is 11.2 Å². The zero-order valence-electron chi connectivity index (χ0n) is 6.42. The molecule has 0 saturated heterocycles. The minimum Gasteiger partial charge on any atom is -0.393 e. The van der Waals surface area contributed by atoms with Gasteiger partial charge in [-0.2, -0.15) is 0 Å². The van der Waals surface area contributed by atoms with Crippen molar-refractivity contribution in [3.63, 3.8) is 0 Å². The zero-order valence-corrected chi connectivity index (χ0v) is 6.42. The van der Waals surface area contributed by atoms with Crippen LogP contribution in [0.2, 0.25) is 0 Å². The Morgan fingerprint density at radius 1 is 1.00 bits per heavy atom. The van der Waals surface area contributed by atoms with E-state index < -0.39 is 0 Å². The summed E-state index contributed by atoms with van der Waals surface area (Å²) in [5, 5.41) is 9.37. The summed E-state index contributed by atoms with van der Waals surface area (Å²) < 4.78 is 0. The van der Waals surface area contributed by atoms with E-state index in [1.165, 1.54) is 32.1 Å². The molecule has 1 heteroatoms. The highest BCUT2D eigenvalue weighted by atomic mass is 16.3. The van der Waals surface area contributed by atoms with Crippen molar-refractivity contribution in [1.29, 1.82) is 0 Å². The third kappa shape index (κ3) is 0.968. The molecule has 0 amide bonds. The van der Waals surface area contributed by atoms with E-state index in [0.29, 0.717) is 5.92 Å². The van der Waals surface area contributed by atoms with Crippen LogP contribution in [0.5, 0.6) is 0 Å². The molecule has 2 fully saturated rings. The molecule has 10 heavy (non-hydrogen) atoms. The molecule has 3 atom stereocenters. The van der Waals surface area contributed by atoms with Crippen LogP contribution in [-0.2, 0) is 0 Å². The number of aliphatic hydroxyl groups is 1. The minimum atomic E-state index is 0.0723. The Bertz CT molecular complexity index is 122. The van der Waals surface area contributed by atoms with Crippen molar-refractivity contribution in [2.24, 2.45) is 11.8 Å². The Kier molecular flexibility index (Phi) is 1.69. The average molecular weight is 140 g/mol. The molecule has 0 aromatic rings. The molecule has 2 saturated carbocycles. The third-order valence-corrected chi connectivity index (χ3v) is 3.26. The fourth-order valence-electron chi connectivity index (χ4n) is 2.50. The van der Waals surface area contributed by atoms with Gasteiger partial charge < -0.3 is 5.11 Å². The topological polar surface area (TPSA) is 20.2 Å². The van der Waals surface area contributed by atoms with E-state index in [1.54, 1.807) is 0 Å². The Labute approximate surface area is 62.4 Å². The molecular weight excluding hydrogens is 124 g/mol. The van der Waals surface area contributed by atoms with Gasteiger partial charge in [-0.25, -0.2) is 0 Å². The molecule has 0 aliphatic heterocycles. The molecular formula is C9H16O. The second kappa shape index (κ2) is 2.54. The van der Waals surface area contributed by atoms with Crippen molar-refractivity contribution in [1.82, 2.24) is 0 Å². The third-order valence-electron chi connectivity index (χ3n) is 3.26. The van der Waals surface area contributed by atoms with Crippen LogP contribution in [0.15, 0.2) is 0 Å². The molecule has 0 bridgehead atoms. The molecule has 0 spiro atoms. The van der Waals surface area contributed by atoms with E-state index in [0.717, 1.165) is 12.3 Å². The van der Waals surface area contributed by atoms with Crippen molar-refractivity contribution in [3.8, 4) is 0 Å². The molecule has 0 heterocycles. The summed E-state index contributed by atoms with van der Waals surface area (Å²) in [4.78, 5) is 0. The van der Waals surface area contributed by atoms with Gasteiger partial charge in [-0.05, 0) is 31.1 Å². The summed E-state index contributed by atoms with van der Waals surface area (Å²) in [5.74, 6) is 1.60. The molecule has 0 aromatic heterocycles. The molecule has 0 radical (unpaired) electrons. The largest absolute Gasteiger partial charge is 0.393 e.